The van der Waals surface area contributed by atoms with Gasteiger partial charge in [0.25, 0.3) is 0 Å². The second kappa shape index (κ2) is 15.6. The minimum Gasteiger partial charge on any atom is -0.456 e. The Hall–Kier alpha value is -8.20. The zero-order chi connectivity index (χ0) is 43.5. The van der Waals surface area contributed by atoms with E-state index in [9.17, 15) is 0 Å². The van der Waals surface area contributed by atoms with Crippen LogP contribution in [0.3, 0.4) is 0 Å². The van der Waals surface area contributed by atoms with Crippen LogP contribution in [-0.2, 0) is 5.41 Å². The monoisotopic (exact) mass is 831 g/mol. The maximum Gasteiger partial charge on any atom is 0.136 e. The summed E-state index contributed by atoms with van der Waals surface area (Å²) < 4.78 is 6.26. The molecule has 11 aromatic rings. The Balaban J connectivity index is 0.943. The van der Waals surface area contributed by atoms with Crippen LogP contribution in [0.25, 0.3) is 88.7 Å². The van der Waals surface area contributed by atoms with Crippen molar-refractivity contribution < 1.29 is 4.42 Å². The van der Waals surface area contributed by atoms with Crippen LogP contribution >= 0.6 is 0 Å². The first kappa shape index (κ1) is 38.5. The van der Waals surface area contributed by atoms with E-state index in [1.807, 2.05) is 12.1 Å². The first-order valence-corrected chi connectivity index (χ1v) is 22.5. The molecule has 0 spiro atoms. The molecule has 0 bridgehead atoms. The van der Waals surface area contributed by atoms with Crippen LogP contribution < -0.4 is 4.90 Å². The van der Waals surface area contributed by atoms with Gasteiger partial charge in [0.1, 0.15) is 11.2 Å². The number of hydrogen-bond acceptors (Lipinski definition) is 2. The first-order chi connectivity index (χ1) is 32.0. The predicted molar refractivity (Wildman–Crippen MR) is 273 cm³/mol. The number of benzene rings is 10. The molecule has 0 fully saturated rings. The Morgan fingerprint density at radius 3 is 1.29 bits per heavy atom. The van der Waals surface area contributed by atoms with Gasteiger partial charge in [-0.2, -0.15) is 0 Å². The van der Waals surface area contributed by atoms with Crippen molar-refractivity contribution in [2.45, 2.75) is 19.3 Å². The number of nitrogens with zero attached hydrogens (tertiary/aromatic N) is 1. The lowest BCUT2D eigenvalue weighted by Gasteiger charge is -2.30. The van der Waals surface area contributed by atoms with Gasteiger partial charge in [0.15, 0.2) is 0 Å². The molecule has 0 N–H and O–H groups in total. The van der Waals surface area contributed by atoms with E-state index in [0.717, 1.165) is 50.1 Å². The van der Waals surface area contributed by atoms with Gasteiger partial charge in [0, 0.05) is 33.2 Å². The van der Waals surface area contributed by atoms with E-state index in [2.05, 4.69) is 243 Å². The Morgan fingerprint density at radius 1 is 0.292 bits per heavy atom. The Kier molecular flexibility index (Phi) is 9.21. The maximum atomic E-state index is 6.26. The molecule has 1 heterocycles. The fourth-order valence-electron chi connectivity index (χ4n) is 10.2. The van der Waals surface area contributed by atoms with Crippen LogP contribution in [0, 0.1) is 0 Å². The average Bonchev–Trinajstić information content (AvgIpc) is 3.76. The second-order valence-corrected chi connectivity index (χ2v) is 17.7. The minimum absolute atomic E-state index is 0.214. The molecule has 0 amide bonds. The smallest absolute Gasteiger partial charge is 0.136 e. The van der Waals surface area contributed by atoms with Crippen molar-refractivity contribution in [2.75, 3.05) is 4.90 Å². The van der Waals surface area contributed by atoms with Crippen molar-refractivity contribution in [3.8, 4) is 66.8 Å². The first-order valence-electron chi connectivity index (χ1n) is 22.5. The van der Waals surface area contributed by atoms with E-state index >= 15 is 0 Å². The molecule has 308 valence electrons. The number of para-hydroxylation sites is 1. The van der Waals surface area contributed by atoms with Crippen LogP contribution in [0.4, 0.5) is 17.1 Å². The van der Waals surface area contributed by atoms with Crippen LogP contribution in [-0.4, -0.2) is 0 Å². The van der Waals surface area contributed by atoms with Crippen molar-refractivity contribution in [1.82, 2.24) is 0 Å². The van der Waals surface area contributed by atoms with Crippen LogP contribution in [0.2, 0.25) is 0 Å². The molecule has 0 unspecified atom stereocenters. The highest BCUT2D eigenvalue weighted by Crippen LogP contribution is 2.49. The Bertz CT molecular complexity index is 3540. The summed E-state index contributed by atoms with van der Waals surface area (Å²) in [5.41, 5.74) is 22.0. The van der Waals surface area contributed by atoms with Crippen molar-refractivity contribution in [3.05, 3.63) is 248 Å². The Labute approximate surface area is 380 Å². The number of hydrogen-bond donors (Lipinski definition) is 0. The molecule has 2 heteroatoms. The molecule has 1 aromatic heterocycles. The highest BCUT2D eigenvalue weighted by Gasteiger charge is 2.31. The lowest BCUT2D eigenvalue weighted by molar-refractivity contribution is 0.645. The SMILES string of the molecule is CC1(C)c2ccccc2-c2ccccc2-c2cc(-c3ccc(N(c4ccc(-c5ccccc5)cc4)c4ccc(-c5ccc6c(c5)oc5ccccc56)cc4)cc3)ccc2-c2ccccc21. The highest BCUT2D eigenvalue weighted by molar-refractivity contribution is 6.06. The zero-order valence-electron chi connectivity index (χ0n) is 36.4. The summed E-state index contributed by atoms with van der Waals surface area (Å²) in [6.45, 7) is 4.73. The van der Waals surface area contributed by atoms with E-state index in [-0.39, 0.29) is 5.41 Å². The molecule has 1 aliphatic carbocycles. The Morgan fingerprint density at radius 2 is 0.692 bits per heavy atom. The van der Waals surface area contributed by atoms with Gasteiger partial charge < -0.3 is 9.32 Å². The molecule has 0 aliphatic heterocycles. The van der Waals surface area contributed by atoms with Gasteiger partial charge in [-0.1, -0.05) is 190 Å². The highest BCUT2D eigenvalue weighted by atomic mass is 16.3. The van der Waals surface area contributed by atoms with Crippen molar-refractivity contribution >= 4 is 39.0 Å². The maximum absolute atomic E-state index is 6.26. The van der Waals surface area contributed by atoms with Crippen molar-refractivity contribution in [3.63, 3.8) is 0 Å². The van der Waals surface area contributed by atoms with Crippen LogP contribution in [0.15, 0.2) is 241 Å². The van der Waals surface area contributed by atoms with Crippen LogP contribution in [0.1, 0.15) is 25.0 Å². The van der Waals surface area contributed by atoms with Crippen LogP contribution in [0.5, 0.6) is 0 Å². The molecule has 12 rings (SSSR count). The second-order valence-electron chi connectivity index (χ2n) is 17.7. The van der Waals surface area contributed by atoms with Gasteiger partial charge in [-0.25, -0.2) is 0 Å². The average molecular weight is 832 g/mol. The third kappa shape index (κ3) is 6.65. The van der Waals surface area contributed by atoms with Crippen molar-refractivity contribution in [2.24, 2.45) is 0 Å². The van der Waals surface area contributed by atoms with Crippen molar-refractivity contribution in [1.29, 1.82) is 0 Å². The summed E-state index contributed by atoms with van der Waals surface area (Å²) in [7, 11) is 0. The topological polar surface area (TPSA) is 16.4 Å². The van der Waals surface area contributed by atoms with Gasteiger partial charge >= 0.3 is 0 Å². The van der Waals surface area contributed by atoms with Gasteiger partial charge in [0.05, 0.1) is 0 Å². The molecule has 0 saturated carbocycles. The lowest BCUT2D eigenvalue weighted by atomic mass is 9.73. The third-order valence-electron chi connectivity index (χ3n) is 13.5. The van der Waals surface area contributed by atoms with E-state index < -0.39 is 0 Å². The predicted octanol–water partition coefficient (Wildman–Crippen LogP) is 17.7. The van der Waals surface area contributed by atoms with Gasteiger partial charge in [-0.3, -0.25) is 0 Å². The summed E-state index contributed by atoms with van der Waals surface area (Å²) >= 11 is 0. The molecule has 2 nitrogen and oxygen atoms in total. The van der Waals surface area contributed by atoms with E-state index in [4.69, 9.17) is 4.42 Å². The molecule has 0 atom stereocenters. The lowest BCUT2D eigenvalue weighted by Crippen LogP contribution is -2.20. The van der Waals surface area contributed by atoms with Gasteiger partial charge in [-0.05, 0) is 139 Å². The quantitative estimate of drug-likeness (QED) is 0.166. The molecule has 10 aromatic carbocycles. The molecule has 1 aliphatic rings. The minimum atomic E-state index is -0.214. The molecule has 0 saturated heterocycles. The fourth-order valence-corrected chi connectivity index (χ4v) is 10.2. The van der Waals surface area contributed by atoms with E-state index in [1.54, 1.807) is 0 Å². The zero-order valence-corrected chi connectivity index (χ0v) is 36.4. The number of anilines is 3. The molecular weight excluding hydrogens is 787 g/mol. The molecule has 0 radical (unpaired) electrons. The fraction of sp³-hybridized carbons (Fsp3) is 0.0476. The summed E-state index contributed by atoms with van der Waals surface area (Å²) in [4.78, 5) is 2.35. The molecule has 65 heavy (non-hydrogen) atoms. The summed E-state index contributed by atoms with van der Waals surface area (Å²) in [5.74, 6) is 0. The third-order valence-corrected chi connectivity index (χ3v) is 13.5. The normalized spacial score (nSPS) is 12.6. The number of rotatable bonds is 6. The van der Waals surface area contributed by atoms with E-state index in [0.29, 0.717) is 0 Å². The summed E-state index contributed by atoms with van der Waals surface area (Å²) in [5, 5.41) is 2.28. The standard InChI is InChI=1S/C63H45NO/c1-63(2)59-21-11-8-18-54(59)51-16-6-7-17-52(51)58-40-46(30-38-53(58)55-19-9-12-22-60(55)63)44-26-34-49(35-27-44)64(48-32-24-43(25-33-48)42-14-4-3-5-15-42)50-36-28-45(29-37-50)47-31-39-57-56-20-10-13-23-61(56)65-62(57)41-47/h3-41H,1-2H3. The number of furan rings is 1. The summed E-state index contributed by atoms with van der Waals surface area (Å²) in [6, 6.07) is 86.1. The van der Waals surface area contributed by atoms with Gasteiger partial charge in [-0.15, -0.1) is 0 Å². The van der Waals surface area contributed by atoms with Gasteiger partial charge in [0.2, 0.25) is 0 Å². The summed E-state index contributed by atoms with van der Waals surface area (Å²) in [6.07, 6.45) is 0. The largest absolute Gasteiger partial charge is 0.456 e. The van der Waals surface area contributed by atoms with E-state index in [1.165, 1.54) is 66.8 Å². The number of fused-ring (bicyclic) bond motifs is 10. The molecular formula is C63H45NO.